The minimum atomic E-state index is 0.433. The highest BCUT2D eigenvalue weighted by Gasteiger charge is 2.42. The van der Waals surface area contributed by atoms with Gasteiger partial charge >= 0.3 is 0 Å². The van der Waals surface area contributed by atoms with E-state index in [2.05, 4.69) is 15.5 Å². The maximum absolute atomic E-state index is 5.51. The van der Waals surface area contributed by atoms with Gasteiger partial charge in [-0.15, -0.1) is 0 Å². The Morgan fingerprint density at radius 3 is 2.72 bits per heavy atom. The fourth-order valence-electron chi connectivity index (χ4n) is 3.62. The standard InChI is InChI=1S/C13H19N3O2/c1-2-11-10(7-9(1)14-11)13-15-12(16-18-13)8-3-5-17-6-4-8/h8-11,14H,1-7H2. The molecule has 2 bridgehead atoms. The van der Waals surface area contributed by atoms with Crippen LogP contribution in [-0.2, 0) is 4.74 Å². The highest BCUT2D eigenvalue weighted by Crippen LogP contribution is 2.39. The molecule has 3 unspecified atom stereocenters. The van der Waals surface area contributed by atoms with Crippen molar-refractivity contribution in [1.82, 2.24) is 15.5 Å². The third kappa shape index (κ3) is 1.77. The Hall–Kier alpha value is -0.940. The molecule has 1 aromatic rings. The monoisotopic (exact) mass is 249 g/mol. The summed E-state index contributed by atoms with van der Waals surface area (Å²) in [4.78, 5) is 4.66. The highest BCUT2D eigenvalue weighted by molar-refractivity contribution is 5.11. The van der Waals surface area contributed by atoms with Crippen LogP contribution in [0.5, 0.6) is 0 Å². The lowest BCUT2D eigenvalue weighted by Gasteiger charge is -2.18. The summed E-state index contributed by atoms with van der Waals surface area (Å²) < 4.78 is 10.9. The smallest absolute Gasteiger partial charge is 0.231 e. The molecule has 0 spiro atoms. The summed E-state index contributed by atoms with van der Waals surface area (Å²) in [6, 6.07) is 1.25. The summed E-state index contributed by atoms with van der Waals surface area (Å²) in [5.74, 6) is 2.64. The molecule has 3 saturated heterocycles. The first-order valence-electron chi connectivity index (χ1n) is 7.07. The molecular formula is C13H19N3O2. The molecule has 0 saturated carbocycles. The Labute approximate surface area is 106 Å². The van der Waals surface area contributed by atoms with Gasteiger partial charge in [0.1, 0.15) is 0 Å². The SMILES string of the molecule is C1CC(c2noc(C3CC4CCC3N4)n2)CCO1. The average Bonchev–Trinajstić information content (AvgIpc) is 3.15. The van der Waals surface area contributed by atoms with E-state index in [1.807, 2.05) is 0 Å². The van der Waals surface area contributed by atoms with Gasteiger partial charge in [-0.2, -0.15) is 4.98 Å². The van der Waals surface area contributed by atoms with E-state index >= 15 is 0 Å². The van der Waals surface area contributed by atoms with E-state index in [1.165, 1.54) is 19.3 Å². The van der Waals surface area contributed by atoms with Gasteiger partial charge in [0.25, 0.3) is 0 Å². The number of nitrogens with zero attached hydrogens (tertiary/aromatic N) is 2. The largest absolute Gasteiger partial charge is 0.381 e. The van der Waals surface area contributed by atoms with E-state index in [0.717, 1.165) is 37.8 Å². The van der Waals surface area contributed by atoms with Gasteiger partial charge in [-0.1, -0.05) is 5.16 Å². The highest BCUT2D eigenvalue weighted by atomic mass is 16.5. The third-order valence-corrected chi connectivity index (χ3v) is 4.66. The van der Waals surface area contributed by atoms with E-state index in [1.54, 1.807) is 0 Å². The molecule has 3 aliphatic rings. The molecule has 4 heterocycles. The second-order valence-electron chi connectivity index (χ2n) is 5.77. The maximum atomic E-state index is 5.51. The van der Waals surface area contributed by atoms with Crippen LogP contribution in [0.25, 0.3) is 0 Å². The fourth-order valence-corrected chi connectivity index (χ4v) is 3.62. The summed E-state index contributed by atoms with van der Waals surface area (Å²) in [5.41, 5.74) is 0. The summed E-state index contributed by atoms with van der Waals surface area (Å²) in [6.07, 6.45) is 5.77. The van der Waals surface area contributed by atoms with Crippen molar-refractivity contribution in [3.8, 4) is 0 Å². The lowest BCUT2D eigenvalue weighted by Crippen LogP contribution is -2.21. The molecule has 5 nitrogen and oxygen atoms in total. The minimum Gasteiger partial charge on any atom is -0.381 e. The number of hydrogen-bond donors (Lipinski definition) is 1. The predicted molar refractivity (Wildman–Crippen MR) is 64.4 cm³/mol. The fraction of sp³-hybridized carbons (Fsp3) is 0.846. The number of rotatable bonds is 2. The van der Waals surface area contributed by atoms with Gasteiger partial charge in [-0.3, -0.25) is 0 Å². The summed E-state index contributed by atoms with van der Waals surface area (Å²) in [5, 5.41) is 7.82. The number of fused-ring (bicyclic) bond motifs is 2. The zero-order valence-electron chi connectivity index (χ0n) is 10.5. The number of nitrogens with one attached hydrogen (secondary N) is 1. The molecule has 3 aliphatic heterocycles. The van der Waals surface area contributed by atoms with Gasteiger partial charge in [0, 0.05) is 31.2 Å². The molecule has 0 radical (unpaired) electrons. The molecule has 1 aromatic heterocycles. The van der Waals surface area contributed by atoms with Crippen LogP contribution >= 0.6 is 0 Å². The Bertz CT molecular complexity index is 428. The molecule has 3 fully saturated rings. The molecule has 0 amide bonds. The summed E-state index contributed by atoms with van der Waals surface area (Å²) in [7, 11) is 0. The van der Waals surface area contributed by atoms with Crippen molar-refractivity contribution >= 4 is 0 Å². The van der Waals surface area contributed by atoms with Crippen molar-refractivity contribution in [3.05, 3.63) is 11.7 Å². The quantitative estimate of drug-likeness (QED) is 0.862. The minimum absolute atomic E-state index is 0.433. The van der Waals surface area contributed by atoms with Crippen LogP contribution in [0.1, 0.15) is 55.7 Å². The molecule has 0 aromatic carbocycles. The van der Waals surface area contributed by atoms with Crippen molar-refractivity contribution in [2.45, 2.75) is 56.0 Å². The second kappa shape index (κ2) is 4.31. The molecular weight excluding hydrogens is 230 g/mol. The average molecular weight is 249 g/mol. The molecule has 18 heavy (non-hydrogen) atoms. The number of ether oxygens (including phenoxy) is 1. The first kappa shape index (κ1) is 10.9. The van der Waals surface area contributed by atoms with Gasteiger partial charge in [0.05, 0.1) is 5.92 Å². The van der Waals surface area contributed by atoms with Crippen molar-refractivity contribution in [2.24, 2.45) is 0 Å². The molecule has 5 heteroatoms. The Morgan fingerprint density at radius 2 is 2.00 bits per heavy atom. The van der Waals surface area contributed by atoms with Crippen LogP contribution in [0.3, 0.4) is 0 Å². The van der Waals surface area contributed by atoms with Gasteiger partial charge in [0.2, 0.25) is 5.89 Å². The van der Waals surface area contributed by atoms with Crippen LogP contribution in [0.2, 0.25) is 0 Å². The Balaban J connectivity index is 1.51. The van der Waals surface area contributed by atoms with Crippen LogP contribution in [0.4, 0.5) is 0 Å². The van der Waals surface area contributed by atoms with Crippen molar-refractivity contribution in [2.75, 3.05) is 13.2 Å². The van der Waals surface area contributed by atoms with Crippen molar-refractivity contribution in [1.29, 1.82) is 0 Å². The molecule has 0 aliphatic carbocycles. The Morgan fingerprint density at radius 1 is 1.11 bits per heavy atom. The van der Waals surface area contributed by atoms with Crippen molar-refractivity contribution in [3.63, 3.8) is 0 Å². The van der Waals surface area contributed by atoms with E-state index in [9.17, 15) is 0 Å². The van der Waals surface area contributed by atoms with Crippen LogP contribution in [0, 0.1) is 0 Å². The number of aromatic nitrogens is 2. The Kier molecular flexibility index (Phi) is 2.62. The van der Waals surface area contributed by atoms with E-state index in [4.69, 9.17) is 9.26 Å². The van der Waals surface area contributed by atoms with Crippen LogP contribution in [0.15, 0.2) is 4.52 Å². The van der Waals surface area contributed by atoms with Gasteiger partial charge in [-0.25, -0.2) is 0 Å². The van der Waals surface area contributed by atoms with E-state index in [-0.39, 0.29) is 0 Å². The van der Waals surface area contributed by atoms with Crippen LogP contribution < -0.4 is 5.32 Å². The topological polar surface area (TPSA) is 60.2 Å². The zero-order chi connectivity index (χ0) is 11.9. The van der Waals surface area contributed by atoms with E-state index in [0.29, 0.717) is 23.9 Å². The van der Waals surface area contributed by atoms with Gasteiger partial charge in [-0.05, 0) is 32.1 Å². The summed E-state index contributed by atoms with van der Waals surface area (Å²) >= 11 is 0. The van der Waals surface area contributed by atoms with Crippen molar-refractivity contribution < 1.29 is 9.26 Å². The lowest BCUT2D eigenvalue weighted by molar-refractivity contribution is 0.0830. The normalized spacial score (nSPS) is 36.3. The lowest BCUT2D eigenvalue weighted by atomic mass is 9.89. The first-order chi connectivity index (χ1) is 8.90. The van der Waals surface area contributed by atoms with Gasteiger partial charge in [0.15, 0.2) is 5.82 Å². The second-order valence-corrected chi connectivity index (χ2v) is 5.77. The van der Waals surface area contributed by atoms with Gasteiger partial charge < -0.3 is 14.6 Å². The van der Waals surface area contributed by atoms with Crippen LogP contribution in [-0.4, -0.2) is 35.4 Å². The summed E-state index contributed by atoms with van der Waals surface area (Å²) in [6.45, 7) is 1.65. The molecule has 3 atom stereocenters. The first-order valence-corrected chi connectivity index (χ1v) is 7.07. The zero-order valence-corrected chi connectivity index (χ0v) is 10.5. The van der Waals surface area contributed by atoms with E-state index < -0.39 is 0 Å². The predicted octanol–water partition coefficient (Wildman–Crippen LogP) is 1.57. The molecule has 98 valence electrons. The molecule has 1 N–H and O–H groups in total. The molecule has 4 rings (SSSR count). The number of hydrogen-bond acceptors (Lipinski definition) is 5. The maximum Gasteiger partial charge on any atom is 0.231 e. The third-order valence-electron chi connectivity index (χ3n) is 4.66.